The molecule has 3 rings (SSSR count). The minimum Gasteiger partial charge on any atom is -0.489 e. The third kappa shape index (κ3) is 4.05. The number of carbonyl (C=O) groups excluding carboxylic acids is 1. The number of carbonyl (C=O) groups is 1. The molecule has 0 fully saturated rings. The molecule has 3 heteroatoms. The zero-order chi connectivity index (χ0) is 16.8. The quantitative estimate of drug-likeness (QED) is 0.834. The maximum atomic E-state index is 11.7. The molecular formula is C21H23NO2. The normalized spacial score (nSPS) is 18.1. The summed E-state index contributed by atoms with van der Waals surface area (Å²) in [5, 5.41) is 4.77. The van der Waals surface area contributed by atoms with Crippen LogP contribution in [0.25, 0.3) is 10.8 Å². The summed E-state index contributed by atoms with van der Waals surface area (Å²) in [4.78, 5) is 11.7. The maximum absolute atomic E-state index is 11.7. The SMILES string of the molecule is CNC(=O)c1ccc2cc(OC/C3=C/C/C=C\CCC3)ccc2c1. The molecule has 1 amide bonds. The minimum absolute atomic E-state index is 0.0671. The highest BCUT2D eigenvalue weighted by Crippen LogP contribution is 2.23. The van der Waals surface area contributed by atoms with Crippen LogP contribution in [0.2, 0.25) is 0 Å². The van der Waals surface area contributed by atoms with Crippen LogP contribution < -0.4 is 10.1 Å². The van der Waals surface area contributed by atoms with Crippen molar-refractivity contribution in [3.63, 3.8) is 0 Å². The fourth-order valence-electron chi connectivity index (χ4n) is 2.90. The van der Waals surface area contributed by atoms with Gasteiger partial charge < -0.3 is 10.1 Å². The Labute approximate surface area is 143 Å². The van der Waals surface area contributed by atoms with Gasteiger partial charge in [-0.1, -0.05) is 30.4 Å². The van der Waals surface area contributed by atoms with Crippen LogP contribution in [0.3, 0.4) is 0 Å². The molecule has 1 N–H and O–H groups in total. The second-order valence-electron chi connectivity index (χ2n) is 6.05. The van der Waals surface area contributed by atoms with E-state index in [1.165, 1.54) is 12.0 Å². The van der Waals surface area contributed by atoms with Crippen molar-refractivity contribution in [2.75, 3.05) is 13.7 Å². The van der Waals surface area contributed by atoms with Gasteiger partial charge in [-0.3, -0.25) is 4.79 Å². The number of fused-ring (bicyclic) bond motifs is 1. The lowest BCUT2D eigenvalue weighted by Crippen LogP contribution is -2.17. The summed E-state index contributed by atoms with van der Waals surface area (Å²) < 4.78 is 5.98. The number of hydrogen-bond donors (Lipinski definition) is 1. The van der Waals surface area contributed by atoms with Crippen molar-refractivity contribution in [3.8, 4) is 5.75 Å². The van der Waals surface area contributed by atoms with Gasteiger partial charge >= 0.3 is 0 Å². The van der Waals surface area contributed by atoms with E-state index in [2.05, 4.69) is 23.5 Å². The average Bonchev–Trinajstić information content (AvgIpc) is 2.59. The number of allylic oxidation sites excluding steroid dienone is 3. The van der Waals surface area contributed by atoms with Crippen LogP contribution >= 0.6 is 0 Å². The number of ether oxygens (including phenoxy) is 1. The first kappa shape index (κ1) is 16.3. The summed E-state index contributed by atoms with van der Waals surface area (Å²) in [5.41, 5.74) is 2.04. The lowest BCUT2D eigenvalue weighted by atomic mass is 10.0. The van der Waals surface area contributed by atoms with Crippen LogP contribution in [0.1, 0.15) is 36.0 Å². The molecule has 1 aliphatic rings. The first-order chi connectivity index (χ1) is 11.8. The van der Waals surface area contributed by atoms with Crippen LogP contribution in [-0.2, 0) is 0 Å². The molecule has 24 heavy (non-hydrogen) atoms. The van der Waals surface area contributed by atoms with Gasteiger partial charge in [-0.05, 0) is 66.3 Å². The Morgan fingerprint density at radius 1 is 1.12 bits per heavy atom. The second-order valence-corrected chi connectivity index (χ2v) is 6.05. The van der Waals surface area contributed by atoms with Crippen molar-refractivity contribution in [3.05, 3.63) is 65.8 Å². The number of nitrogens with one attached hydrogen (secondary N) is 1. The van der Waals surface area contributed by atoms with Gasteiger partial charge in [-0.2, -0.15) is 0 Å². The molecule has 0 atom stereocenters. The Morgan fingerprint density at radius 3 is 2.83 bits per heavy atom. The largest absolute Gasteiger partial charge is 0.489 e. The predicted molar refractivity (Wildman–Crippen MR) is 98.5 cm³/mol. The van der Waals surface area contributed by atoms with Gasteiger partial charge in [0, 0.05) is 12.6 Å². The first-order valence-corrected chi connectivity index (χ1v) is 8.48. The summed E-state index contributed by atoms with van der Waals surface area (Å²) in [7, 11) is 1.64. The molecule has 124 valence electrons. The van der Waals surface area contributed by atoms with Crippen molar-refractivity contribution in [1.82, 2.24) is 5.32 Å². The van der Waals surface area contributed by atoms with Gasteiger partial charge in [0.1, 0.15) is 12.4 Å². The molecule has 0 saturated heterocycles. The van der Waals surface area contributed by atoms with E-state index in [1.807, 2.05) is 36.4 Å². The van der Waals surface area contributed by atoms with Crippen molar-refractivity contribution >= 4 is 16.7 Å². The molecule has 0 bridgehead atoms. The zero-order valence-corrected chi connectivity index (χ0v) is 14.0. The van der Waals surface area contributed by atoms with Gasteiger partial charge in [0.2, 0.25) is 0 Å². The van der Waals surface area contributed by atoms with Gasteiger partial charge in [-0.25, -0.2) is 0 Å². The standard InChI is InChI=1S/C21H23NO2/c1-22-21(23)19-10-9-18-14-20(12-11-17(18)13-19)24-15-16-7-5-3-2-4-6-8-16/h2-3,7,9-14H,4-6,8,15H2,1H3,(H,22,23)/b3-2-,16-7+. The third-order valence-electron chi connectivity index (χ3n) is 4.30. The van der Waals surface area contributed by atoms with Crippen molar-refractivity contribution in [2.45, 2.75) is 25.7 Å². The van der Waals surface area contributed by atoms with Crippen molar-refractivity contribution < 1.29 is 9.53 Å². The summed E-state index contributed by atoms with van der Waals surface area (Å²) in [5.74, 6) is 0.802. The predicted octanol–water partition coefficient (Wildman–Crippen LogP) is 4.63. The highest BCUT2D eigenvalue weighted by atomic mass is 16.5. The summed E-state index contributed by atoms with van der Waals surface area (Å²) in [6, 6.07) is 11.7. The van der Waals surface area contributed by atoms with Gasteiger partial charge in [0.05, 0.1) is 0 Å². The Balaban J connectivity index is 1.71. The second kappa shape index (κ2) is 7.82. The molecule has 3 nitrogen and oxygen atoms in total. The fraction of sp³-hybridized carbons (Fsp3) is 0.286. The van der Waals surface area contributed by atoms with E-state index in [1.54, 1.807) is 7.05 Å². The van der Waals surface area contributed by atoms with Crippen LogP contribution in [0.15, 0.2) is 60.2 Å². The number of rotatable bonds is 4. The van der Waals surface area contributed by atoms with Crippen LogP contribution in [0.5, 0.6) is 5.75 Å². The van der Waals surface area contributed by atoms with E-state index in [0.29, 0.717) is 12.2 Å². The molecule has 2 aromatic rings. The highest BCUT2D eigenvalue weighted by Gasteiger charge is 2.06. The molecule has 0 spiro atoms. The summed E-state index contributed by atoms with van der Waals surface area (Å²) >= 11 is 0. The molecule has 0 heterocycles. The topological polar surface area (TPSA) is 38.3 Å². The summed E-state index contributed by atoms with van der Waals surface area (Å²) in [6.07, 6.45) is 11.2. The monoisotopic (exact) mass is 321 g/mol. The fourth-order valence-corrected chi connectivity index (χ4v) is 2.90. The van der Waals surface area contributed by atoms with E-state index in [4.69, 9.17) is 4.74 Å². The molecule has 0 aliphatic heterocycles. The smallest absolute Gasteiger partial charge is 0.251 e. The molecule has 1 aliphatic carbocycles. The number of benzene rings is 2. The molecule has 2 aromatic carbocycles. The summed E-state index contributed by atoms with van der Waals surface area (Å²) in [6.45, 7) is 0.648. The lowest BCUT2D eigenvalue weighted by Gasteiger charge is -2.12. The van der Waals surface area contributed by atoms with Crippen LogP contribution in [0.4, 0.5) is 0 Å². The number of amides is 1. The lowest BCUT2D eigenvalue weighted by molar-refractivity contribution is 0.0963. The van der Waals surface area contributed by atoms with Crippen molar-refractivity contribution in [2.24, 2.45) is 0 Å². The van der Waals surface area contributed by atoms with Crippen LogP contribution in [0, 0.1) is 0 Å². The van der Waals surface area contributed by atoms with Gasteiger partial charge in [0.15, 0.2) is 0 Å². The minimum atomic E-state index is -0.0671. The Bertz CT molecular complexity index is 790. The molecular weight excluding hydrogens is 298 g/mol. The first-order valence-electron chi connectivity index (χ1n) is 8.48. The van der Waals surface area contributed by atoms with E-state index in [-0.39, 0.29) is 5.91 Å². The Hall–Kier alpha value is -2.55. The van der Waals surface area contributed by atoms with Gasteiger partial charge in [0.25, 0.3) is 5.91 Å². The zero-order valence-electron chi connectivity index (χ0n) is 14.0. The maximum Gasteiger partial charge on any atom is 0.251 e. The highest BCUT2D eigenvalue weighted by molar-refractivity contribution is 5.98. The molecule has 0 radical (unpaired) electrons. The van der Waals surface area contributed by atoms with Crippen molar-refractivity contribution in [1.29, 1.82) is 0 Å². The van der Waals surface area contributed by atoms with Crippen LogP contribution in [-0.4, -0.2) is 19.6 Å². The molecule has 0 saturated carbocycles. The van der Waals surface area contributed by atoms with E-state index in [9.17, 15) is 4.79 Å². The Morgan fingerprint density at radius 2 is 1.96 bits per heavy atom. The molecule has 0 unspecified atom stereocenters. The van der Waals surface area contributed by atoms with Gasteiger partial charge in [-0.15, -0.1) is 0 Å². The van der Waals surface area contributed by atoms with E-state index < -0.39 is 0 Å². The molecule has 0 aromatic heterocycles. The average molecular weight is 321 g/mol. The van der Waals surface area contributed by atoms with E-state index >= 15 is 0 Å². The Kier molecular flexibility index (Phi) is 5.32. The third-order valence-corrected chi connectivity index (χ3v) is 4.30. The number of hydrogen-bond acceptors (Lipinski definition) is 2. The van der Waals surface area contributed by atoms with E-state index in [0.717, 1.165) is 35.8 Å².